The molecule has 3 heterocycles. The number of hydrogen-bond acceptors (Lipinski definition) is 4. The van der Waals surface area contributed by atoms with Crippen molar-refractivity contribution in [2.24, 2.45) is 0 Å². The molecule has 6 nitrogen and oxygen atoms in total. The Morgan fingerprint density at radius 3 is 2.96 bits per heavy atom. The van der Waals surface area contributed by atoms with Crippen molar-refractivity contribution in [3.8, 4) is 0 Å². The van der Waals surface area contributed by atoms with Gasteiger partial charge in [-0.1, -0.05) is 12.1 Å². The van der Waals surface area contributed by atoms with Gasteiger partial charge < -0.3 is 15.0 Å². The third-order valence-electron chi connectivity index (χ3n) is 5.13. The molecule has 1 aromatic heterocycles. The van der Waals surface area contributed by atoms with Gasteiger partial charge >= 0.3 is 0 Å². The first-order valence-electron chi connectivity index (χ1n) is 8.86. The van der Waals surface area contributed by atoms with Gasteiger partial charge in [0.1, 0.15) is 5.82 Å². The van der Waals surface area contributed by atoms with Gasteiger partial charge in [-0.2, -0.15) is 0 Å². The van der Waals surface area contributed by atoms with Gasteiger partial charge in [0.15, 0.2) is 0 Å². The first kappa shape index (κ1) is 15.6. The SMILES string of the molecule is O=C(NCc1nc2ccccc2[nH]1)C1CCCN1C1CCOCC1. The zero-order valence-electron chi connectivity index (χ0n) is 13.8. The monoisotopic (exact) mass is 328 g/mol. The number of aromatic amines is 1. The molecule has 2 fully saturated rings. The summed E-state index contributed by atoms with van der Waals surface area (Å²) in [6.07, 6.45) is 4.12. The summed E-state index contributed by atoms with van der Waals surface area (Å²) in [6, 6.07) is 8.40. The number of carbonyl (C=O) groups is 1. The summed E-state index contributed by atoms with van der Waals surface area (Å²) in [5, 5.41) is 3.07. The van der Waals surface area contributed by atoms with E-state index in [0.717, 1.165) is 62.3 Å². The minimum absolute atomic E-state index is 0.00233. The number of rotatable bonds is 4. The number of imidazole rings is 1. The van der Waals surface area contributed by atoms with E-state index in [0.29, 0.717) is 12.6 Å². The Morgan fingerprint density at radius 1 is 1.29 bits per heavy atom. The van der Waals surface area contributed by atoms with E-state index in [1.807, 2.05) is 24.3 Å². The van der Waals surface area contributed by atoms with Crippen LogP contribution in [-0.2, 0) is 16.1 Å². The smallest absolute Gasteiger partial charge is 0.237 e. The quantitative estimate of drug-likeness (QED) is 0.898. The Kier molecular flexibility index (Phi) is 4.49. The van der Waals surface area contributed by atoms with Gasteiger partial charge in [-0.15, -0.1) is 0 Å². The number of aromatic nitrogens is 2. The zero-order chi connectivity index (χ0) is 16.4. The van der Waals surface area contributed by atoms with Gasteiger partial charge in [-0.25, -0.2) is 4.98 Å². The summed E-state index contributed by atoms with van der Waals surface area (Å²) in [7, 11) is 0. The Balaban J connectivity index is 1.37. The normalized spacial score (nSPS) is 22.9. The largest absolute Gasteiger partial charge is 0.381 e. The molecule has 4 rings (SSSR count). The van der Waals surface area contributed by atoms with Crippen LogP contribution < -0.4 is 5.32 Å². The second kappa shape index (κ2) is 6.91. The number of para-hydroxylation sites is 2. The van der Waals surface area contributed by atoms with Crippen LogP contribution in [0.15, 0.2) is 24.3 Å². The van der Waals surface area contributed by atoms with Crippen molar-refractivity contribution in [1.82, 2.24) is 20.2 Å². The molecule has 2 N–H and O–H groups in total. The molecule has 2 saturated heterocycles. The highest BCUT2D eigenvalue weighted by Gasteiger charge is 2.35. The van der Waals surface area contributed by atoms with Crippen molar-refractivity contribution >= 4 is 16.9 Å². The Labute approximate surface area is 141 Å². The van der Waals surface area contributed by atoms with E-state index in [2.05, 4.69) is 20.2 Å². The van der Waals surface area contributed by atoms with Gasteiger partial charge in [0, 0.05) is 19.3 Å². The fourth-order valence-corrected chi connectivity index (χ4v) is 3.90. The molecule has 6 heteroatoms. The molecule has 1 aromatic carbocycles. The molecule has 2 aliphatic heterocycles. The molecule has 0 aliphatic carbocycles. The highest BCUT2D eigenvalue weighted by molar-refractivity contribution is 5.82. The molecule has 1 amide bonds. The number of ether oxygens (including phenoxy) is 1. The molecule has 0 spiro atoms. The average Bonchev–Trinajstić information content (AvgIpc) is 3.27. The lowest BCUT2D eigenvalue weighted by Crippen LogP contribution is -2.49. The van der Waals surface area contributed by atoms with Gasteiger partial charge in [-0.05, 0) is 44.4 Å². The Morgan fingerprint density at radius 2 is 2.12 bits per heavy atom. The number of carbonyl (C=O) groups excluding carboxylic acids is 1. The van der Waals surface area contributed by atoms with Crippen molar-refractivity contribution in [3.05, 3.63) is 30.1 Å². The van der Waals surface area contributed by atoms with Crippen molar-refractivity contribution < 1.29 is 9.53 Å². The third-order valence-corrected chi connectivity index (χ3v) is 5.13. The minimum Gasteiger partial charge on any atom is -0.381 e. The molecule has 0 bridgehead atoms. The number of amides is 1. The predicted octanol–water partition coefficient (Wildman–Crippen LogP) is 1.82. The van der Waals surface area contributed by atoms with Crippen LogP contribution in [0, 0.1) is 0 Å². The first-order valence-corrected chi connectivity index (χ1v) is 8.86. The van der Waals surface area contributed by atoms with Crippen molar-refractivity contribution in [3.63, 3.8) is 0 Å². The molecule has 1 atom stereocenters. The molecule has 0 saturated carbocycles. The summed E-state index contributed by atoms with van der Waals surface area (Å²) in [5.74, 6) is 0.930. The highest BCUT2D eigenvalue weighted by atomic mass is 16.5. The fourth-order valence-electron chi connectivity index (χ4n) is 3.90. The Bertz CT molecular complexity index is 675. The van der Waals surface area contributed by atoms with E-state index in [1.54, 1.807) is 0 Å². The zero-order valence-corrected chi connectivity index (χ0v) is 13.8. The van der Waals surface area contributed by atoms with Crippen molar-refractivity contribution in [2.45, 2.75) is 44.3 Å². The molecule has 0 radical (unpaired) electrons. The lowest BCUT2D eigenvalue weighted by atomic mass is 10.1. The molecule has 2 aliphatic rings. The van der Waals surface area contributed by atoms with Gasteiger partial charge in [0.2, 0.25) is 5.91 Å². The number of nitrogens with one attached hydrogen (secondary N) is 2. The van der Waals surface area contributed by atoms with E-state index < -0.39 is 0 Å². The standard InChI is InChI=1S/C18H24N4O2/c23-18(16-6-3-9-22(16)13-7-10-24-11-8-13)19-12-17-20-14-4-1-2-5-15(14)21-17/h1-2,4-5,13,16H,3,6-12H2,(H,19,23)(H,20,21). The number of nitrogens with zero attached hydrogens (tertiary/aromatic N) is 2. The summed E-state index contributed by atoms with van der Waals surface area (Å²) < 4.78 is 5.45. The minimum atomic E-state index is -0.00233. The van der Waals surface area contributed by atoms with Gasteiger partial charge in [0.05, 0.1) is 23.6 Å². The second-order valence-electron chi connectivity index (χ2n) is 6.66. The first-order chi connectivity index (χ1) is 11.8. The fraction of sp³-hybridized carbons (Fsp3) is 0.556. The summed E-state index contributed by atoms with van der Waals surface area (Å²) >= 11 is 0. The topological polar surface area (TPSA) is 70.2 Å². The van der Waals surface area contributed by atoms with Crippen LogP contribution in [0.5, 0.6) is 0 Å². The van der Waals surface area contributed by atoms with E-state index in [4.69, 9.17) is 4.74 Å². The number of likely N-dealkylation sites (tertiary alicyclic amines) is 1. The summed E-state index contributed by atoms with van der Waals surface area (Å²) in [6.45, 7) is 3.10. The lowest BCUT2D eigenvalue weighted by Gasteiger charge is -2.34. The maximum atomic E-state index is 12.7. The molecular weight excluding hydrogens is 304 g/mol. The average molecular weight is 328 g/mol. The van der Waals surface area contributed by atoms with E-state index >= 15 is 0 Å². The second-order valence-corrected chi connectivity index (χ2v) is 6.66. The third kappa shape index (κ3) is 3.16. The van der Waals surface area contributed by atoms with Crippen LogP contribution >= 0.6 is 0 Å². The number of fused-ring (bicyclic) bond motifs is 1. The van der Waals surface area contributed by atoms with Crippen molar-refractivity contribution in [2.75, 3.05) is 19.8 Å². The van der Waals surface area contributed by atoms with Crippen LogP contribution in [0.1, 0.15) is 31.5 Å². The van der Waals surface area contributed by atoms with Crippen LogP contribution in [-0.4, -0.2) is 52.6 Å². The number of hydrogen-bond donors (Lipinski definition) is 2. The van der Waals surface area contributed by atoms with Crippen molar-refractivity contribution in [1.29, 1.82) is 0 Å². The molecule has 128 valence electrons. The van der Waals surface area contributed by atoms with Crippen LogP contribution in [0.3, 0.4) is 0 Å². The number of benzene rings is 1. The van der Waals surface area contributed by atoms with E-state index in [9.17, 15) is 4.79 Å². The molecule has 1 unspecified atom stereocenters. The van der Waals surface area contributed by atoms with Gasteiger partial charge in [0.25, 0.3) is 0 Å². The summed E-state index contributed by atoms with van der Waals surface area (Å²) in [5.41, 5.74) is 1.94. The molecular formula is C18H24N4O2. The number of H-pyrrole nitrogens is 1. The van der Waals surface area contributed by atoms with E-state index in [-0.39, 0.29) is 11.9 Å². The predicted molar refractivity (Wildman–Crippen MR) is 91.5 cm³/mol. The molecule has 24 heavy (non-hydrogen) atoms. The van der Waals surface area contributed by atoms with Gasteiger partial charge in [-0.3, -0.25) is 9.69 Å². The van der Waals surface area contributed by atoms with Crippen LogP contribution in [0.2, 0.25) is 0 Å². The highest BCUT2D eigenvalue weighted by Crippen LogP contribution is 2.25. The van der Waals surface area contributed by atoms with Crippen LogP contribution in [0.25, 0.3) is 11.0 Å². The van der Waals surface area contributed by atoms with Crippen LogP contribution in [0.4, 0.5) is 0 Å². The summed E-state index contributed by atoms with van der Waals surface area (Å²) in [4.78, 5) is 22.8. The lowest BCUT2D eigenvalue weighted by molar-refractivity contribution is -0.127. The Hall–Kier alpha value is -1.92. The maximum Gasteiger partial charge on any atom is 0.237 e. The van der Waals surface area contributed by atoms with E-state index in [1.165, 1.54) is 0 Å². The maximum absolute atomic E-state index is 12.7. The molecule has 2 aromatic rings.